The van der Waals surface area contributed by atoms with Gasteiger partial charge in [-0.15, -0.1) is 23.5 Å². The van der Waals surface area contributed by atoms with Gasteiger partial charge in [0.25, 0.3) is 0 Å². The molecule has 0 atom stereocenters. The third kappa shape index (κ3) is 4.54. The third-order valence-corrected chi connectivity index (χ3v) is 5.59. The summed E-state index contributed by atoms with van der Waals surface area (Å²) in [5.74, 6) is 1.59. The number of thioether (sulfide) groups is 2. The van der Waals surface area contributed by atoms with Gasteiger partial charge in [-0.1, -0.05) is 0 Å². The van der Waals surface area contributed by atoms with Gasteiger partial charge in [0.05, 0.1) is 0 Å². The summed E-state index contributed by atoms with van der Waals surface area (Å²) >= 11 is 3.25. The van der Waals surface area contributed by atoms with Gasteiger partial charge in [-0.2, -0.15) is 0 Å². The van der Waals surface area contributed by atoms with Crippen molar-refractivity contribution in [3.8, 4) is 0 Å². The zero-order valence-corrected chi connectivity index (χ0v) is 14.8. The van der Waals surface area contributed by atoms with Gasteiger partial charge in [-0.05, 0) is 47.9 Å². The lowest BCUT2D eigenvalue weighted by Crippen LogP contribution is -1.92. The number of nitrogens with zero attached hydrogens (tertiary/aromatic N) is 4. The van der Waals surface area contributed by atoms with E-state index in [0.717, 1.165) is 31.8 Å². The van der Waals surface area contributed by atoms with E-state index in [9.17, 15) is 0 Å². The molecule has 0 N–H and O–H groups in total. The van der Waals surface area contributed by atoms with Crippen molar-refractivity contribution in [2.45, 2.75) is 34.0 Å². The second kappa shape index (κ2) is 7.53. The molecule has 0 aromatic carbocycles. The average molecular weight is 343 g/mol. The van der Waals surface area contributed by atoms with E-state index < -0.39 is 0 Å². The molecule has 4 nitrogen and oxygen atoms in total. The van der Waals surface area contributed by atoms with Crippen molar-refractivity contribution in [1.82, 2.24) is 19.9 Å². The van der Waals surface area contributed by atoms with Gasteiger partial charge in [0.1, 0.15) is 31.8 Å². The van der Waals surface area contributed by atoms with Crippen LogP contribution in [0.3, 0.4) is 0 Å². The number of hydrogen-bond acceptors (Lipinski definition) is 8. The number of aryl methyl sites for hydroxylation is 2. The number of hydrogen-bond donors (Lipinski definition) is 0. The summed E-state index contributed by atoms with van der Waals surface area (Å²) in [4.78, 5) is 17.6. The molecule has 0 aliphatic carbocycles. The molecule has 0 spiro atoms. The molecule has 0 radical (unpaired) electrons. The minimum Gasteiger partial charge on any atom is -0.227 e. The SMILES string of the molecule is CSc1cc(SSc2cc(SC)nc(C)n2)nc(C)n1. The Bertz CT molecular complexity index is 553. The van der Waals surface area contributed by atoms with E-state index in [-0.39, 0.29) is 0 Å². The quantitative estimate of drug-likeness (QED) is 0.457. The van der Waals surface area contributed by atoms with Crippen molar-refractivity contribution < 1.29 is 0 Å². The standard InChI is InChI=1S/C12H14N4S4/c1-7-13-9(17-3)5-11(15-7)19-20-12-6-10(18-4)14-8(2)16-12/h5-6H,1-4H3. The number of aromatic nitrogens is 4. The fourth-order valence-electron chi connectivity index (χ4n) is 1.41. The van der Waals surface area contributed by atoms with Crippen LogP contribution in [0.2, 0.25) is 0 Å². The summed E-state index contributed by atoms with van der Waals surface area (Å²) in [5.41, 5.74) is 0. The maximum Gasteiger partial charge on any atom is 0.127 e. The first-order valence-electron chi connectivity index (χ1n) is 5.74. The molecule has 2 aromatic rings. The molecule has 0 fully saturated rings. The lowest BCUT2D eigenvalue weighted by atomic mass is 10.6. The van der Waals surface area contributed by atoms with Crippen LogP contribution in [-0.4, -0.2) is 32.4 Å². The average Bonchev–Trinajstić information content (AvgIpc) is 2.44. The van der Waals surface area contributed by atoms with Crippen molar-refractivity contribution >= 4 is 45.1 Å². The Morgan fingerprint density at radius 1 is 0.650 bits per heavy atom. The lowest BCUT2D eigenvalue weighted by molar-refractivity contribution is 0.899. The highest BCUT2D eigenvalue weighted by Crippen LogP contribution is 2.37. The van der Waals surface area contributed by atoms with Crippen LogP contribution in [0, 0.1) is 13.8 Å². The Morgan fingerprint density at radius 2 is 1.00 bits per heavy atom. The zero-order valence-electron chi connectivity index (χ0n) is 11.6. The maximum atomic E-state index is 4.43. The molecule has 0 saturated heterocycles. The van der Waals surface area contributed by atoms with E-state index in [1.54, 1.807) is 45.1 Å². The van der Waals surface area contributed by atoms with Gasteiger partial charge in [-0.3, -0.25) is 0 Å². The third-order valence-electron chi connectivity index (χ3n) is 2.21. The highest BCUT2D eigenvalue weighted by atomic mass is 33.1. The number of rotatable bonds is 5. The fourth-order valence-corrected chi connectivity index (χ4v) is 4.32. The predicted octanol–water partition coefficient (Wildman–Crippen LogP) is 4.13. The summed E-state index contributed by atoms with van der Waals surface area (Å²) < 4.78 is 0. The van der Waals surface area contributed by atoms with Crippen molar-refractivity contribution in [3.63, 3.8) is 0 Å². The van der Waals surface area contributed by atoms with Gasteiger partial charge in [0.2, 0.25) is 0 Å². The van der Waals surface area contributed by atoms with Crippen LogP contribution >= 0.6 is 45.1 Å². The summed E-state index contributed by atoms with van der Waals surface area (Å²) in [6.45, 7) is 3.82. The first-order chi connectivity index (χ1) is 9.60. The zero-order chi connectivity index (χ0) is 14.5. The van der Waals surface area contributed by atoms with Crippen LogP contribution in [0.25, 0.3) is 0 Å². The summed E-state index contributed by atoms with van der Waals surface area (Å²) in [7, 11) is 3.20. The Hall–Kier alpha value is -0.440. The van der Waals surface area contributed by atoms with Crippen LogP contribution in [0.5, 0.6) is 0 Å². The first kappa shape index (κ1) is 15.9. The molecular formula is C12H14N4S4. The second-order valence-corrected chi connectivity index (χ2v) is 7.58. The largest absolute Gasteiger partial charge is 0.227 e. The molecule has 20 heavy (non-hydrogen) atoms. The van der Waals surface area contributed by atoms with E-state index in [1.165, 1.54) is 0 Å². The summed E-state index contributed by atoms with van der Waals surface area (Å²) in [6.07, 6.45) is 4.03. The highest BCUT2D eigenvalue weighted by molar-refractivity contribution is 8.76. The molecule has 2 rings (SSSR count). The minimum atomic E-state index is 0.795. The first-order valence-corrected chi connectivity index (χ1v) is 10.3. The Balaban J connectivity index is 2.12. The van der Waals surface area contributed by atoms with Crippen molar-refractivity contribution in [1.29, 1.82) is 0 Å². The van der Waals surface area contributed by atoms with Crippen molar-refractivity contribution in [2.24, 2.45) is 0 Å². The molecule has 2 aromatic heterocycles. The van der Waals surface area contributed by atoms with E-state index in [1.807, 2.05) is 38.5 Å². The molecule has 0 aliphatic heterocycles. The van der Waals surface area contributed by atoms with Crippen LogP contribution in [0.15, 0.2) is 32.2 Å². The Morgan fingerprint density at radius 3 is 1.35 bits per heavy atom. The van der Waals surface area contributed by atoms with Gasteiger partial charge < -0.3 is 0 Å². The normalized spacial score (nSPS) is 10.8. The smallest absolute Gasteiger partial charge is 0.127 e. The predicted molar refractivity (Wildman–Crippen MR) is 88.8 cm³/mol. The fraction of sp³-hybridized carbons (Fsp3) is 0.333. The van der Waals surface area contributed by atoms with Crippen LogP contribution in [-0.2, 0) is 0 Å². The summed E-state index contributed by atoms with van der Waals surface area (Å²) in [6, 6.07) is 4.00. The molecule has 0 bridgehead atoms. The van der Waals surface area contributed by atoms with E-state index in [2.05, 4.69) is 19.9 Å². The van der Waals surface area contributed by atoms with E-state index in [0.29, 0.717) is 0 Å². The van der Waals surface area contributed by atoms with Gasteiger partial charge in [-0.25, -0.2) is 19.9 Å². The summed E-state index contributed by atoms with van der Waals surface area (Å²) in [5, 5.41) is 3.89. The van der Waals surface area contributed by atoms with Crippen LogP contribution in [0.1, 0.15) is 11.6 Å². The molecule has 0 unspecified atom stereocenters. The van der Waals surface area contributed by atoms with Crippen molar-refractivity contribution in [3.05, 3.63) is 23.8 Å². The molecule has 0 amide bonds. The Labute approximate surface area is 135 Å². The highest BCUT2D eigenvalue weighted by Gasteiger charge is 2.06. The Kier molecular flexibility index (Phi) is 6.01. The van der Waals surface area contributed by atoms with Gasteiger partial charge in [0, 0.05) is 12.1 Å². The lowest BCUT2D eigenvalue weighted by Gasteiger charge is -2.05. The molecule has 0 saturated carbocycles. The van der Waals surface area contributed by atoms with Crippen LogP contribution < -0.4 is 0 Å². The monoisotopic (exact) mass is 342 g/mol. The van der Waals surface area contributed by atoms with Crippen LogP contribution in [0.4, 0.5) is 0 Å². The minimum absolute atomic E-state index is 0.795. The molecule has 0 aliphatic rings. The molecule has 106 valence electrons. The van der Waals surface area contributed by atoms with Gasteiger partial charge in [0.15, 0.2) is 0 Å². The van der Waals surface area contributed by atoms with Gasteiger partial charge >= 0.3 is 0 Å². The maximum absolute atomic E-state index is 4.43. The molecule has 8 heteroatoms. The molecular weight excluding hydrogens is 328 g/mol. The van der Waals surface area contributed by atoms with E-state index in [4.69, 9.17) is 0 Å². The second-order valence-electron chi connectivity index (χ2n) is 3.76. The van der Waals surface area contributed by atoms with E-state index >= 15 is 0 Å². The topological polar surface area (TPSA) is 51.6 Å². The molecule has 2 heterocycles. The van der Waals surface area contributed by atoms with Crippen molar-refractivity contribution in [2.75, 3.05) is 12.5 Å².